The summed E-state index contributed by atoms with van der Waals surface area (Å²) in [4.78, 5) is 11.8. The summed E-state index contributed by atoms with van der Waals surface area (Å²) in [5, 5.41) is 11.7. The Morgan fingerprint density at radius 2 is 1.00 bits per heavy atom. The molecule has 0 rings (SSSR count). The van der Waals surface area contributed by atoms with Gasteiger partial charge in [-0.2, -0.15) is 0 Å². The maximum Gasteiger partial charge on any atom is 0.219 e. The van der Waals surface area contributed by atoms with Crippen LogP contribution in [0.3, 0.4) is 0 Å². The molecule has 0 fully saturated rings. The molecule has 0 aliphatic carbocycles. The Hall–Kier alpha value is -1.45. The third-order valence-electron chi connectivity index (χ3n) is 6.51. The minimum Gasteiger partial charge on any atom is -0.396 e. The summed E-state index contributed by atoms with van der Waals surface area (Å²) >= 11 is 0. The van der Waals surface area contributed by atoms with E-state index in [0.29, 0.717) is 6.42 Å². The Morgan fingerprint density at radius 3 is 1.51 bits per heavy atom. The van der Waals surface area contributed by atoms with Gasteiger partial charge in [0.15, 0.2) is 0 Å². The van der Waals surface area contributed by atoms with E-state index in [2.05, 4.69) is 35.9 Å². The molecule has 0 aromatic rings. The summed E-state index contributed by atoms with van der Waals surface area (Å²) < 4.78 is 0. The first-order valence-corrected chi connectivity index (χ1v) is 15.1. The van der Waals surface area contributed by atoms with Crippen LogP contribution >= 0.6 is 0 Å². The highest BCUT2D eigenvalue weighted by Gasteiger charge is 2.00. The monoisotopic (exact) mass is 487 g/mol. The van der Waals surface area contributed by atoms with Gasteiger partial charge in [-0.05, 0) is 43.9 Å². The molecule has 0 aliphatic rings. The number of rotatable bonds is 25. The van der Waals surface area contributed by atoms with Crippen molar-refractivity contribution in [3.05, 3.63) is 0 Å². The highest BCUT2D eigenvalue weighted by Crippen LogP contribution is 2.12. The summed E-state index contributed by atoms with van der Waals surface area (Å²) in [6.07, 6.45) is 28.7. The van der Waals surface area contributed by atoms with Gasteiger partial charge in [-0.1, -0.05) is 121 Å². The van der Waals surface area contributed by atoms with Crippen LogP contribution in [-0.4, -0.2) is 24.2 Å². The summed E-state index contributed by atoms with van der Waals surface area (Å²) in [5.41, 5.74) is 0. The second kappa shape index (κ2) is 30.6. The molecule has 2 N–H and O–H groups in total. The summed E-state index contributed by atoms with van der Waals surface area (Å²) in [6, 6.07) is 0. The number of hydrogen-bond acceptors (Lipinski definition) is 2. The molecule has 35 heavy (non-hydrogen) atoms. The second-order valence-electron chi connectivity index (χ2n) is 10.00. The van der Waals surface area contributed by atoms with E-state index in [4.69, 9.17) is 5.11 Å². The van der Waals surface area contributed by atoms with Crippen molar-refractivity contribution in [2.45, 2.75) is 161 Å². The Labute approximate surface area is 219 Å². The Balaban J connectivity index is 3.29. The smallest absolute Gasteiger partial charge is 0.219 e. The van der Waals surface area contributed by atoms with Gasteiger partial charge in [0.25, 0.3) is 0 Å². The van der Waals surface area contributed by atoms with Gasteiger partial charge < -0.3 is 10.4 Å². The van der Waals surface area contributed by atoms with Crippen molar-refractivity contribution in [3.8, 4) is 23.7 Å². The predicted octanol–water partition coefficient (Wildman–Crippen LogP) is 8.48. The van der Waals surface area contributed by atoms with Crippen molar-refractivity contribution in [2.24, 2.45) is 0 Å². The standard InChI is InChI=1S/C32H57NO2/c1-2-3-4-5-6-7-8-9-10-11-12-13-14-15-16-17-18-19-20-21-22-23-26-29-32(35)33-30-27-24-25-28-31-34/h34H,2-13,18-31H2,1H3,(H,33,35). The molecule has 0 aromatic carbocycles. The van der Waals surface area contributed by atoms with Crippen LogP contribution in [0.4, 0.5) is 0 Å². The van der Waals surface area contributed by atoms with Crippen LogP contribution < -0.4 is 5.32 Å². The van der Waals surface area contributed by atoms with Crippen LogP contribution in [0, 0.1) is 23.7 Å². The van der Waals surface area contributed by atoms with Gasteiger partial charge in [0.2, 0.25) is 5.91 Å². The number of unbranched alkanes of at least 4 members (excludes halogenated alkanes) is 20. The summed E-state index contributed by atoms with van der Waals surface area (Å²) in [6.45, 7) is 3.32. The van der Waals surface area contributed by atoms with Gasteiger partial charge in [0, 0.05) is 32.4 Å². The molecule has 0 saturated heterocycles. The van der Waals surface area contributed by atoms with E-state index < -0.39 is 0 Å². The highest BCUT2D eigenvalue weighted by atomic mass is 16.2. The second-order valence-corrected chi connectivity index (χ2v) is 10.00. The van der Waals surface area contributed by atoms with Crippen molar-refractivity contribution >= 4 is 5.91 Å². The highest BCUT2D eigenvalue weighted by molar-refractivity contribution is 5.75. The van der Waals surface area contributed by atoms with Gasteiger partial charge in [-0.3, -0.25) is 4.79 Å². The number of aliphatic hydroxyl groups is 1. The van der Waals surface area contributed by atoms with Crippen molar-refractivity contribution in [1.29, 1.82) is 0 Å². The first-order valence-electron chi connectivity index (χ1n) is 15.1. The SMILES string of the molecule is CCCCCCCCCCCCCC#CC#CCCCCCCCCC(=O)NCCCCCCO. The van der Waals surface area contributed by atoms with Crippen LogP contribution in [0.15, 0.2) is 0 Å². The molecule has 0 heterocycles. The lowest BCUT2D eigenvalue weighted by molar-refractivity contribution is -0.121. The van der Waals surface area contributed by atoms with E-state index in [1.807, 2.05) is 0 Å². The van der Waals surface area contributed by atoms with Crippen LogP contribution in [0.25, 0.3) is 0 Å². The first-order chi connectivity index (χ1) is 17.3. The van der Waals surface area contributed by atoms with E-state index in [1.54, 1.807) is 0 Å². The molecule has 0 saturated carbocycles. The lowest BCUT2D eigenvalue weighted by Crippen LogP contribution is -2.23. The van der Waals surface area contributed by atoms with Crippen molar-refractivity contribution < 1.29 is 9.90 Å². The zero-order valence-corrected chi connectivity index (χ0v) is 23.2. The predicted molar refractivity (Wildman–Crippen MR) is 152 cm³/mol. The molecule has 0 aliphatic heterocycles. The van der Waals surface area contributed by atoms with Gasteiger partial charge in [0.05, 0.1) is 0 Å². The zero-order valence-electron chi connectivity index (χ0n) is 23.2. The molecule has 0 aromatic heterocycles. The molecule has 3 nitrogen and oxygen atoms in total. The van der Waals surface area contributed by atoms with Crippen molar-refractivity contribution in [1.82, 2.24) is 5.32 Å². The van der Waals surface area contributed by atoms with E-state index in [1.165, 1.54) is 89.9 Å². The number of amides is 1. The van der Waals surface area contributed by atoms with Gasteiger partial charge >= 0.3 is 0 Å². The average Bonchev–Trinajstić information content (AvgIpc) is 2.86. The maximum atomic E-state index is 11.8. The molecular weight excluding hydrogens is 430 g/mol. The largest absolute Gasteiger partial charge is 0.396 e. The molecular formula is C32H57NO2. The normalized spacial score (nSPS) is 10.3. The quantitative estimate of drug-likeness (QED) is 0.100. The van der Waals surface area contributed by atoms with Crippen molar-refractivity contribution in [2.75, 3.05) is 13.2 Å². The lowest BCUT2D eigenvalue weighted by Gasteiger charge is -2.05. The third kappa shape index (κ3) is 30.5. The molecule has 202 valence electrons. The fourth-order valence-corrected chi connectivity index (χ4v) is 4.20. The Morgan fingerprint density at radius 1 is 0.571 bits per heavy atom. The average molecular weight is 488 g/mol. The Kier molecular flexibility index (Phi) is 29.3. The third-order valence-corrected chi connectivity index (χ3v) is 6.51. The number of aliphatic hydroxyl groups excluding tert-OH is 1. The molecule has 0 unspecified atom stereocenters. The first kappa shape index (κ1) is 33.5. The minimum atomic E-state index is 0.187. The van der Waals surface area contributed by atoms with Crippen LogP contribution in [0.1, 0.15) is 161 Å². The summed E-state index contributed by atoms with van der Waals surface area (Å²) in [5.74, 6) is 12.6. The summed E-state index contributed by atoms with van der Waals surface area (Å²) in [7, 11) is 0. The van der Waals surface area contributed by atoms with E-state index >= 15 is 0 Å². The fraction of sp³-hybridized carbons (Fsp3) is 0.844. The maximum absolute atomic E-state index is 11.8. The number of carbonyl (C=O) groups excluding carboxylic acids is 1. The minimum absolute atomic E-state index is 0.187. The van der Waals surface area contributed by atoms with Crippen LogP contribution in [0.2, 0.25) is 0 Å². The van der Waals surface area contributed by atoms with E-state index in [-0.39, 0.29) is 12.5 Å². The molecule has 3 heteroatoms. The fourth-order valence-electron chi connectivity index (χ4n) is 4.20. The lowest BCUT2D eigenvalue weighted by atomic mass is 10.1. The van der Waals surface area contributed by atoms with Crippen molar-refractivity contribution in [3.63, 3.8) is 0 Å². The van der Waals surface area contributed by atoms with E-state index in [0.717, 1.165) is 64.3 Å². The van der Waals surface area contributed by atoms with Crippen LogP contribution in [-0.2, 0) is 4.79 Å². The molecule has 0 bridgehead atoms. The number of nitrogens with one attached hydrogen (secondary N) is 1. The molecule has 0 atom stereocenters. The zero-order chi connectivity index (χ0) is 25.5. The molecule has 0 radical (unpaired) electrons. The molecule has 1 amide bonds. The van der Waals surface area contributed by atoms with Gasteiger partial charge in [-0.15, -0.1) is 0 Å². The van der Waals surface area contributed by atoms with E-state index in [9.17, 15) is 4.79 Å². The Bertz CT molecular complexity index is 564. The van der Waals surface area contributed by atoms with Gasteiger partial charge in [-0.25, -0.2) is 0 Å². The number of hydrogen-bond donors (Lipinski definition) is 2. The number of carbonyl (C=O) groups is 1. The topological polar surface area (TPSA) is 49.3 Å². The van der Waals surface area contributed by atoms with Gasteiger partial charge in [0.1, 0.15) is 0 Å². The molecule has 0 spiro atoms. The van der Waals surface area contributed by atoms with Crippen LogP contribution in [0.5, 0.6) is 0 Å².